The van der Waals surface area contributed by atoms with Crippen molar-refractivity contribution in [2.24, 2.45) is 11.1 Å². The summed E-state index contributed by atoms with van der Waals surface area (Å²) in [5.74, 6) is -0.195. The molecule has 0 heterocycles. The van der Waals surface area contributed by atoms with Crippen molar-refractivity contribution in [1.29, 1.82) is 0 Å². The van der Waals surface area contributed by atoms with Gasteiger partial charge in [0.2, 0.25) is 5.91 Å². The van der Waals surface area contributed by atoms with Crippen molar-refractivity contribution in [2.45, 2.75) is 45.6 Å². The molecular weight excluding hydrogens is 344 g/mol. The first-order chi connectivity index (χ1) is 10.3. The molecule has 0 saturated heterocycles. The van der Waals surface area contributed by atoms with Gasteiger partial charge < -0.3 is 16.2 Å². The van der Waals surface area contributed by atoms with Crippen LogP contribution in [0, 0.1) is 5.41 Å². The number of amides is 1. The van der Waals surface area contributed by atoms with Gasteiger partial charge in [-0.1, -0.05) is 41.9 Å². The molecular formula is C17H27BrN2O2. The van der Waals surface area contributed by atoms with Crippen molar-refractivity contribution in [1.82, 2.24) is 5.32 Å². The first-order valence-electron chi connectivity index (χ1n) is 7.75. The Labute approximate surface area is 141 Å². The third-order valence-electron chi connectivity index (χ3n) is 4.68. The highest BCUT2D eigenvalue weighted by atomic mass is 79.9. The van der Waals surface area contributed by atoms with Gasteiger partial charge in [-0.05, 0) is 49.3 Å². The number of carbonyl (C=O) groups excluding carboxylic acids is 1. The number of nitrogens with two attached hydrogens (primary N) is 1. The lowest BCUT2D eigenvalue weighted by Gasteiger charge is -2.33. The summed E-state index contributed by atoms with van der Waals surface area (Å²) in [7, 11) is 0. The van der Waals surface area contributed by atoms with E-state index in [1.807, 2.05) is 24.3 Å². The van der Waals surface area contributed by atoms with Gasteiger partial charge in [-0.25, -0.2) is 0 Å². The zero-order valence-electron chi connectivity index (χ0n) is 13.7. The first kappa shape index (κ1) is 19.1. The third kappa shape index (κ3) is 4.54. The molecule has 1 amide bonds. The number of aliphatic hydroxyl groups excluding tert-OH is 1. The molecule has 5 heteroatoms. The summed E-state index contributed by atoms with van der Waals surface area (Å²) in [4.78, 5) is 12.5. The minimum absolute atomic E-state index is 0.0692. The number of rotatable bonds is 8. The summed E-state index contributed by atoms with van der Waals surface area (Å²) in [6, 6.07) is 7.46. The Kier molecular flexibility index (Phi) is 7.03. The average molecular weight is 371 g/mol. The maximum absolute atomic E-state index is 12.5. The first-order valence-corrected chi connectivity index (χ1v) is 8.54. The smallest absolute Gasteiger partial charge is 0.244 e. The fraction of sp³-hybridized carbons (Fsp3) is 0.588. The van der Waals surface area contributed by atoms with Crippen LogP contribution < -0.4 is 11.1 Å². The van der Waals surface area contributed by atoms with E-state index in [2.05, 4.69) is 35.1 Å². The lowest BCUT2D eigenvalue weighted by molar-refractivity contribution is -0.126. The average Bonchev–Trinajstić information content (AvgIpc) is 2.51. The number of aliphatic hydroxyl groups is 1. The number of benzene rings is 1. The molecule has 0 aliphatic heterocycles. The fourth-order valence-electron chi connectivity index (χ4n) is 2.56. The van der Waals surface area contributed by atoms with E-state index in [1.165, 1.54) is 0 Å². The molecule has 0 spiro atoms. The predicted octanol–water partition coefficient (Wildman–Crippen LogP) is 2.93. The van der Waals surface area contributed by atoms with Gasteiger partial charge in [0.15, 0.2) is 0 Å². The summed E-state index contributed by atoms with van der Waals surface area (Å²) >= 11 is 3.38. The monoisotopic (exact) mass is 370 g/mol. The highest BCUT2D eigenvalue weighted by Crippen LogP contribution is 2.30. The quantitative estimate of drug-likeness (QED) is 0.658. The summed E-state index contributed by atoms with van der Waals surface area (Å²) < 4.78 is 0.950. The van der Waals surface area contributed by atoms with Crippen molar-refractivity contribution >= 4 is 21.8 Å². The minimum Gasteiger partial charge on any atom is -0.396 e. The number of carbonyl (C=O) groups is 1. The lowest BCUT2D eigenvalue weighted by atomic mass is 9.79. The summed E-state index contributed by atoms with van der Waals surface area (Å²) in [5, 5.41) is 12.2. The highest BCUT2D eigenvalue weighted by molar-refractivity contribution is 9.10. The molecule has 22 heavy (non-hydrogen) atoms. The normalized spacial score (nSPS) is 14.5. The van der Waals surface area contributed by atoms with E-state index in [-0.39, 0.29) is 17.9 Å². The van der Waals surface area contributed by atoms with E-state index >= 15 is 0 Å². The van der Waals surface area contributed by atoms with Crippen LogP contribution in [-0.2, 0) is 10.3 Å². The molecule has 0 aliphatic rings. The van der Waals surface area contributed by atoms with Crippen LogP contribution in [-0.4, -0.2) is 24.2 Å². The SMILES string of the molecule is CCC(CC)(CCO)CNC(=O)C(C)(N)c1ccc(Br)cc1. The van der Waals surface area contributed by atoms with Crippen LogP contribution in [0.25, 0.3) is 0 Å². The van der Waals surface area contributed by atoms with Crippen LogP contribution in [0.2, 0.25) is 0 Å². The van der Waals surface area contributed by atoms with Gasteiger partial charge in [0.05, 0.1) is 0 Å². The van der Waals surface area contributed by atoms with Crippen molar-refractivity contribution < 1.29 is 9.90 Å². The number of hydrogen-bond acceptors (Lipinski definition) is 3. The van der Waals surface area contributed by atoms with Crippen molar-refractivity contribution in [3.05, 3.63) is 34.3 Å². The summed E-state index contributed by atoms with van der Waals surface area (Å²) in [6.45, 7) is 6.55. The minimum atomic E-state index is -1.08. The molecule has 1 atom stereocenters. The molecule has 1 rings (SSSR count). The van der Waals surface area contributed by atoms with Crippen LogP contribution in [0.3, 0.4) is 0 Å². The Hall–Kier alpha value is -0.910. The van der Waals surface area contributed by atoms with Crippen molar-refractivity contribution in [3.8, 4) is 0 Å². The van der Waals surface area contributed by atoms with E-state index in [0.29, 0.717) is 13.0 Å². The van der Waals surface area contributed by atoms with E-state index in [1.54, 1.807) is 6.92 Å². The zero-order chi connectivity index (χ0) is 16.8. The Balaban J connectivity index is 2.80. The zero-order valence-corrected chi connectivity index (χ0v) is 15.2. The van der Waals surface area contributed by atoms with Crippen molar-refractivity contribution in [3.63, 3.8) is 0 Å². The second-order valence-electron chi connectivity index (χ2n) is 6.07. The molecule has 0 saturated carbocycles. The van der Waals surface area contributed by atoms with E-state index in [0.717, 1.165) is 22.9 Å². The molecule has 1 unspecified atom stereocenters. The van der Waals surface area contributed by atoms with Gasteiger partial charge >= 0.3 is 0 Å². The second-order valence-corrected chi connectivity index (χ2v) is 6.99. The Morgan fingerprint density at radius 2 is 1.82 bits per heavy atom. The standard InChI is InChI=1S/C17H27BrN2O2/c1-4-17(5-2,10-11-21)12-20-15(22)16(3,19)13-6-8-14(18)9-7-13/h6-9,21H,4-5,10-12,19H2,1-3H3,(H,20,22). The van der Waals surface area contributed by atoms with E-state index < -0.39 is 5.54 Å². The van der Waals surface area contributed by atoms with Gasteiger partial charge in [-0.2, -0.15) is 0 Å². The van der Waals surface area contributed by atoms with Gasteiger partial charge in [0.25, 0.3) is 0 Å². The Bertz CT molecular complexity index is 482. The number of nitrogens with one attached hydrogen (secondary N) is 1. The highest BCUT2D eigenvalue weighted by Gasteiger charge is 2.33. The maximum atomic E-state index is 12.5. The fourth-order valence-corrected chi connectivity index (χ4v) is 2.82. The van der Waals surface area contributed by atoms with E-state index in [9.17, 15) is 9.90 Å². The van der Waals surface area contributed by atoms with Crippen LogP contribution in [0.1, 0.15) is 45.6 Å². The second kappa shape index (κ2) is 8.09. The third-order valence-corrected chi connectivity index (χ3v) is 5.21. The molecule has 0 aliphatic carbocycles. The summed E-state index contributed by atoms with van der Waals surface area (Å²) in [6.07, 6.45) is 2.49. The Morgan fingerprint density at radius 3 is 2.27 bits per heavy atom. The van der Waals surface area contributed by atoms with Gasteiger partial charge in [0, 0.05) is 17.6 Å². The molecule has 4 nitrogen and oxygen atoms in total. The van der Waals surface area contributed by atoms with Crippen LogP contribution in [0.4, 0.5) is 0 Å². The lowest BCUT2D eigenvalue weighted by Crippen LogP contribution is -2.51. The van der Waals surface area contributed by atoms with Crippen molar-refractivity contribution in [2.75, 3.05) is 13.2 Å². The van der Waals surface area contributed by atoms with Crippen LogP contribution in [0.15, 0.2) is 28.7 Å². The van der Waals surface area contributed by atoms with Gasteiger partial charge in [-0.3, -0.25) is 4.79 Å². The Morgan fingerprint density at radius 1 is 1.27 bits per heavy atom. The number of hydrogen-bond donors (Lipinski definition) is 3. The molecule has 0 radical (unpaired) electrons. The predicted molar refractivity (Wildman–Crippen MR) is 93.4 cm³/mol. The largest absolute Gasteiger partial charge is 0.396 e. The molecule has 0 bridgehead atoms. The van der Waals surface area contributed by atoms with Crippen LogP contribution in [0.5, 0.6) is 0 Å². The maximum Gasteiger partial charge on any atom is 0.244 e. The number of halogens is 1. The molecule has 0 aromatic heterocycles. The molecule has 1 aromatic carbocycles. The van der Waals surface area contributed by atoms with Gasteiger partial charge in [0.1, 0.15) is 5.54 Å². The molecule has 4 N–H and O–H groups in total. The summed E-state index contributed by atoms with van der Waals surface area (Å²) in [5.41, 5.74) is 5.87. The van der Waals surface area contributed by atoms with Gasteiger partial charge in [-0.15, -0.1) is 0 Å². The molecule has 0 fully saturated rings. The van der Waals surface area contributed by atoms with E-state index in [4.69, 9.17) is 5.73 Å². The molecule has 124 valence electrons. The molecule has 1 aromatic rings. The topological polar surface area (TPSA) is 75.3 Å². The van der Waals surface area contributed by atoms with Crippen LogP contribution >= 0.6 is 15.9 Å².